The van der Waals surface area contributed by atoms with Crippen molar-refractivity contribution in [3.63, 3.8) is 0 Å². The summed E-state index contributed by atoms with van der Waals surface area (Å²) in [4.78, 5) is 8.79. The molecule has 0 bridgehead atoms. The molecule has 0 spiro atoms. The number of aryl methyl sites for hydroxylation is 1. The first-order valence-electron chi connectivity index (χ1n) is 7.72. The first kappa shape index (κ1) is 13.4. The lowest BCUT2D eigenvalue weighted by Crippen LogP contribution is -2.29. The van der Waals surface area contributed by atoms with E-state index >= 15 is 0 Å². The summed E-state index contributed by atoms with van der Waals surface area (Å²) in [5, 5.41) is 4.85. The number of thiazole rings is 1. The molecule has 1 saturated carbocycles. The second-order valence-corrected chi connectivity index (χ2v) is 7.00. The summed E-state index contributed by atoms with van der Waals surface area (Å²) in [6, 6.07) is 0.553. The fourth-order valence-corrected chi connectivity index (χ4v) is 4.34. The third-order valence-electron chi connectivity index (χ3n) is 4.47. The van der Waals surface area contributed by atoms with Gasteiger partial charge < -0.3 is 10.2 Å². The van der Waals surface area contributed by atoms with Gasteiger partial charge in [0.2, 0.25) is 0 Å². The number of hydrogen-bond donors (Lipinski definition) is 1. The Bertz CT molecular complexity index is 425. The normalized spacial score (nSPS) is 22.9. The van der Waals surface area contributed by atoms with Gasteiger partial charge in [0.05, 0.1) is 5.69 Å². The van der Waals surface area contributed by atoms with Gasteiger partial charge in [0.25, 0.3) is 0 Å². The molecule has 106 valence electrons. The number of hydrogen-bond acceptors (Lipinski definition) is 4. The number of nitrogens with zero attached hydrogens (tertiary/aromatic N) is 2. The Morgan fingerprint density at radius 3 is 2.84 bits per heavy atom. The lowest BCUT2D eigenvalue weighted by atomic mass is 9.85. The van der Waals surface area contributed by atoms with Crippen molar-refractivity contribution < 1.29 is 0 Å². The van der Waals surface area contributed by atoms with Crippen LogP contribution in [0.4, 0.5) is 5.13 Å². The van der Waals surface area contributed by atoms with Crippen LogP contribution < -0.4 is 10.2 Å². The zero-order chi connectivity index (χ0) is 13.2. The van der Waals surface area contributed by atoms with Crippen molar-refractivity contribution in [2.24, 2.45) is 5.92 Å². The third kappa shape index (κ3) is 2.79. The molecule has 0 amide bonds. The molecule has 1 fully saturated rings. The maximum Gasteiger partial charge on any atom is 0.185 e. The van der Waals surface area contributed by atoms with Crippen molar-refractivity contribution in [3.8, 4) is 0 Å². The number of aromatic nitrogens is 1. The van der Waals surface area contributed by atoms with E-state index in [4.69, 9.17) is 4.98 Å². The van der Waals surface area contributed by atoms with E-state index in [9.17, 15) is 0 Å². The molecule has 2 aliphatic rings. The molecule has 3 rings (SSSR count). The van der Waals surface area contributed by atoms with E-state index in [2.05, 4.69) is 24.2 Å². The SMILES string of the molecule is CCNC1CCCc2nc(N(C)CC3CCC3)sc21. The quantitative estimate of drug-likeness (QED) is 0.895. The molecule has 0 radical (unpaired) electrons. The number of fused-ring (bicyclic) bond motifs is 1. The zero-order valence-corrected chi connectivity index (χ0v) is 12.9. The van der Waals surface area contributed by atoms with E-state index in [0.717, 1.165) is 12.5 Å². The van der Waals surface area contributed by atoms with Gasteiger partial charge in [-0.1, -0.05) is 24.7 Å². The molecule has 1 atom stereocenters. The molecule has 1 heterocycles. The highest BCUT2D eigenvalue weighted by molar-refractivity contribution is 7.15. The summed E-state index contributed by atoms with van der Waals surface area (Å²) >= 11 is 1.92. The van der Waals surface area contributed by atoms with Gasteiger partial charge in [-0.25, -0.2) is 4.98 Å². The van der Waals surface area contributed by atoms with E-state index in [1.165, 1.54) is 60.8 Å². The molecule has 1 N–H and O–H groups in total. The van der Waals surface area contributed by atoms with E-state index in [-0.39, 0.29) is 0 Å². The standard InChI is InChI=1S/C15H25N3S/c1-3-16-12-8-5-9-13-14(12)19-15(17-13)18(2)10-11-6-4-7-11/h11-12,16H,3-10H2,1-2H3. The zero-order valence-electron chi connectivity index (χ0n) is 12.1. The highest BCUT2D eigenvalue weighted by Crippen LogP contribution is 2.38. The molecule has 3 nitrogen and oxygen atoms in total. The number of rotatable bonds is 5. The summed E-state index contributed by atoms with van der Waals surface area (Å²) in [7, 11) is 2.21. The maximum absolute atomic E-state index is 4.90. The minimum absolute atomic E-state index is 0.553. The molecule has 4 heteroatoms. The average molecular weight is 279 g/mol. The Balaban J connectivity index is 1.72. The Labute approximate surface area is 120 Å². The topological polar surface area (TPSA) is 28.2 Å². The minimum Gasteiger partial charge on any atom is -0.351 e. The second-order valence-electron chi connectivity index (χ2n) is 5.99. The van der Waals surface area contributed by atoms with E-state index in [1.54, 1.807) is 0 Å². The van der Waals surface area contributed by atoms with Crippen molar-refractivity contribution in [1.29, 1.82) is 0 Å². The first-order valence-corrected chi connectivity index (χ1v) is 8.53. The summed E-state index contributed by atoms with van der Waals surface area (Å²) in [6.45, 7) is 4.44. The lowest BCUT2D eigenvalue weighted by molar-refractivity contribution is 0.321. The van der Waals surface area contributed by atoms with Crippen LogP contribution in [0.1, 0.15) is 55.6 Å². The highest BCUT2D eigenvalue weighted by atomic mass is 32.1. The summed E-state index contributed by atoms with van der Waals surface area (Å²) in [5.41, 5.74) is 1.36. The summed E-state index contributed by atoms with van der Waals surface area (Å²) < 4.78 is 0. The van der Waals surface area contributed by atoms with Crippen LogP contribution >= 0.6 is 11.3 Å². The van der Waals surface area contributed by atoms with E-state index < -0.39 is 0 Å². The summed E-state index contributed by atoms with van der Waals surface area (Å²) in [5.74, 6) is 0.912. The van der Waals surface area contributed by atoms with Gasteiger partial charge in [0.1, 0.15) is 0 Å². The van der Waals surface area contributed by atoms with Gasteiger partial charge in [-0.05, 0) is 44.6 Å². The van der Waals surface area contributed by atoms with Gasteiger partial charge >= 0.3 is 0 Å². The van der Waals surface area contributed by atoms with Crippen LogP contribution in [0.25, 0.3) is 0 Å². The molecular weight excluding hydrogens is 254 g/mol. The predicted molar refractivity (Wildman–Crippen MR) is 82.1 cm³/mol. The van der Waals surface area contributed by atoms with Gasteiger partial charge in [-0.15, -0.1) is 0 Å². The molecule has 1 aromatic heterocycles. The summed E-state index contributed by atoms with van der Waals surface area (Å²) in [6.07, 6.45) is 7.97. The molecule has 19 heavy (non-hydrogen) atoms. The largest absolute Gasteiger partial charge is 0.351 e. The minimum atomic E-state index is 0.553. The molecule has 0 aromatic carbocycles. The van der Waals surface area contributed by atoms with Crippen molar-refractivity contribution in [1.82, 2.24) is 10.3 Å². The van der Waals surface area contributed by atoms with Crippen molar-refractivity contribution in [3.05, 3.63) is 10.6 Å². The Morgan fingerprint density at radius 2 is 2.16 bits per heavy atom. The fraction of sp³-hybridized carbons (Fsp3) is 0.800. The van der Waals surface area contributed by atoms with Crippen molar-refractivity contribution >= 4 is 16.5 Å². The highest BCUT2D eigenvalue weighted by Gasteiger charge is 2.26. The van der Waals surface area contributed by atoms with E-state index in [0.29, 0.717) is 6.04 Å². The van der Waals surface area contributed by atoms with Crippen LogP contribution in [0.15, 0.2) is 0 Å². The Morgan fingerprint density at radius 1 is 1.32 bits per heavy atom. The van der Waals surface area contributed by atoms with Crippen molar-refractivity contribution in [2.75, 3.05) is 25.0 Å². The molecule has 0 saturated heterocycles. The molecule has 0 aliphatic heterocycles. The second kappa shape index (κ2) is 5.80. The predicted octanol–water partition coefficient (Wildman–Crippen LogP) is 3.37. The van der Waals surface area contributed by atoms with Gasteiger partial charge in [0, 0.05) is 24.5 Å². The van der Waals surface area contributed by atoms with Gasteiger partial charge in [-0.2, -0.15) is 0 Å². The van der Waals surface area contributed by atoms with Crippen LogP contribution in [-0.2, 0) is 6.42 Å². The van der Waals surface area contributed by atoms with Crippen LogP contribution in [0, 0.1) is 5.92 Å². The van der Waals surface area contributed by atoms with Crippen LogP contribution in [-0.4, -0.2) is 25.1 Å². The Kier molecular flexibility index (Phi) is 4.08. The smallest absolute Gasteiger partial charge is 0.185 e. The van der Waals surface area contributed by atoms with E-state index in [1.807, 2.05) is 11.3 Å². The molecule has 1 unspecified atom stereocenters. The van der Waals surface area contributed by atoms with Crippen LogP contribution in [0.2, 0.25) is 0 Å². The fourth-order valence-electron chi connectivity index (χ4n) is 3.15. The van der Waals surface area contributed by atoms with Gasteiger partial charge in [0.15, 0.2) is 5.13 Å². The maximum atomic E-state index is 4.90. The average Bonchev–Trinajstić information content (AvgIpc) is 2.79. The number of anilines is 1. The van der Waals surface area contributed by atoms with Crippen LogP contribution in [0.3, 0.4) is 0 Å². The first-order chi connectivity index (χ1) is 9.28. The van der Waals surface area contributed by atoms with Crippen molar-refractivity contribution in [2.45, 2.75) is 51.5 Å². The molecule has 2 aliphatic carbocycles. The lowest BCUT2D eigenvalue weighted by Gasteiger charge is -2.29. The third-order valence-corrected chi connectivity index (χ3v) is 5.80. The Hall–Kier alpha value is -0.610. The monoisotopic (exact) mass is 279 g/mol. The molecular formula is C15H25N3S. The number of nitrogens with one attached hydrogen (secondary N) is 1. The van der Waals surface area contributed by atoms with Crippen LogP contribution in [0.5, 0.6) is 0 Å². The molecule has 1 aromatic rings. The van der Waals surface area contributed by atoms with Gasteiger partial charge in [-0.3, -0.25) is 0 Å².